The van der Waals surface area contributed by atoms with Gasteiger partial charge in [0.05, 0.1) is 11.0 Å². The van der Waals surface area contributed by atoms with Crippen LogP contribution in [0.25, 0.3) is 11.0 Å². The van der Waals surface area contributed by atoms with Crippen molar-refractivity contribution in [1.82, 2.24) is 20.2 Å². The van der Waals surface area contributed by atoms with Crippen LogP contribution in [0.15, 0.2) is 24.3 Å². The van der Waals surface area contributed by atoms with Crippen molar-refractivity contribution < 1.29 is 4.79 Å². The van der Waals surface area contributed by atoms with Gasteiger partial charge in [0.15, 0.2) is 0 Å². The van der Waals surface area contributed by atoms with Gasteiger partial charge in [-0.1, -0.05) is 12.1 Å². The lowest BCUT2D eigenvalue weighted by Crippen LogP contribution is -2.39. The topological polar surface area (TPSA) is 61.0 Å². The molecule has 2 N–H and O–H groups in total. The summed E-state index contributed by atoms with van der Waals surface area (Å²) in [6, 6.07) is 8.12. The molecule has 0 spiro atoms. The van der Waals surface area contributed by atoms with E-state index in [9.17, 15) is 4.79 Å². The number of nitrogens with zero attached hydrogens (tertiary/aromatic N) is 2. The maximum atomic E-state index is 12.0. The first-order valence-corrected chi connectivity index (χ1v) is 7.65. The number of para-hydroxylation sites is 2. The number of likely N-dealkylation sites (tertiary alicyclic amines) is 1. The maximum Gasteiger partial charge on any atom is 0.223 e. The van der Waals surface area contributed by atoms with Crippen molar-refractivity contribution in [1.29, 1.82) is 0 Å². The van der Waals surface area contributed by atoms with Crippen molar-refractivity contribution in [3.8, 4) is 0 Å². The number of carbonyl (C=O) groups is 1. The fourth-order valence-corrected chi connectivity index (χ4v) is 2.96. The Bertz CT molecular complexity index is 581. The molecular weight excluding hydrogens is 264 g/mol. The first-order chi connectivity index (χ1) is 10.3. The number of benzene rings is 1. The second-order valence-corrected chi connectivity index (χ2v) is 5.65. The average molecular weight is 286 g/mol. The Labute approximate surface area is 124 Å². The highest BCUT2D eigenvalue weighted by Crippen LogP contribution is 2.27. The molecule has 0 bridgehead atoms. The van der Waals surface area contributed by atoms with Gasteiger partial charge in [0.1, 0.15) is 5.82 Å². The van der Waals surface area contributed by atoms with Crippen LogP contribution in [0.4, 0.5) is 0 Å². The Morgan fingerprint density at radius 1 is 1.38 bits per heavy atom. The van der Waals surface area contributed by atoms with E-state index in [4.69, 9.17) is 0 Å². The number of nitrogens with one attached hydrogen (secondary N) is 2. The number of fused-ring (bicyclic) bond motifs is 1. The summed E-state index contributed by atoms with van der Waals surface area (Å²) >= 11 is 0. The molecule has 3 rings (SSSR count). The summed E-state index contributed by atoms with van der Waals surface area (Å²) in [6.45, 7) is 2.43. The van der Waals surface area contributed by atoms with E-state index in [1.807, 2.05) is 30.1 Å². The summed E-state index contributed by atoms with van der Waals surface area (Å²) in [5.41, 5.74) is 2.13. The van der Waals surface area contributed by atoms with Crippen LogP contribution in [0.1, 0.15) is 31.0 Å². The summed E-state index contributed by atoms with van der Waals surface area (Å²) in [4.78, 5) is 22.1. The molecule has 1 amide bonds. The second kappa shape index (κ2) is 6.26. The molecule has 0 aliphatic carbocycles. The highest BCUT2D eigenvalue weighted by molar-refractivity contribution is 5.76. The first-order valence-electron chi connectivity index (χ1n) is 7.65. The molecule has 2 heterocycles. The number of rotatable bonds is 4. The van der Waals surface area contributed by atoms with Crippen LogP contribution in [-0.4, -0.2) is 47.5 Å². The van der Waals surface area contributed by atoms with Crippen molar-refractivity contribution in [3.05, 3.63) is 30.1 Å². The number of carbonyl (C=O) groups excluding carboxylic acids is 1. The lowest BCUT2D eigenvalue weighted by Gasteiger charge is -2.31. The van der Waals surface area contributed by atoms with Crippen molar-refractivity contribution in [2.24, 2.45) is 0 Å². The lowest BCUT2D eigenvalue weighted by atomic mass is 9.96. The van der Waals surface area contributed by atoms with Gasteiger partial charge in [-0.3, -0.25) is 4.79 Å². The lowest BCUT2D eigenvalue weighted by molar-refractivity contribution is -0.132. The van der Waals surface area contributed by atoms with Crippen molar-refractivity contribution in [3.63, 3.8) is 0 Å². The normalized spacial score (nSPS) is 16.5. The number of hydrogen-bond acceptors (Lipinski definition) is 3. The van der Waals surface area contributed by atoms with Crippen molar-refractivity contribution >= 4 is 16.9 Å². The molecule has 0 unspecified atom stereocenters. The smallest absolute Gasteiger partial charge is 0.223 e. The zero-order valence-corrected chi connectivity index (χ0v) is 12.4. The zero-order chi connectivity index (χ0) is 14.7. The van der Waals surface area contributed by atoms with E-state index >= 15 is 0 Å². The van der Waals surface area contributed by atoms with Crippen LogP contribution in [-0.2, 0) is 4.79 Å². The van der Waals surface area contributed by atoms with Gasteiger partial charge in [0, 0.05) is 32.0 Å². The van der Waals surface area contributed by atoms with E-state index in [2.05, 4.69) is 21.4 Å². The van der Waals surface area contributed by atoms with Crippen molar-refractivity contribution in [2.45, 2.75) is 25.2 Å². The fraction of sp³-hybridized carbons (Fsp3) is 0.500. The number of aromatic amines is 1. The quantitative estimate of drug-likeness (QED) is 0.902. The Hall–Kier alpha value is -1.88. The van der Waals surface area contributed by atoms with Gasteiger partial charge in [-0.2, -0.15) is 0 Å². The predicted octanol–water partition coefficient (Wildman–Crippen LogP) is 1.88. The molecule has 2 aromatic rings. The molecule has 1 aromatic carbocycles. The molecule has 5 heteroatoms. The van der Waals surface area contributed by atoms with Gasteiger partial charge < -0.3 is 15.2 Å². The number of aromatic nitrogens is 2. The van der Waals surface area contributed by atoms with Gasteiger partial charge in [0.2, 0.25) is 5.91 Å². The Kier molecular flexibility index (Phi) is 4.20. The molecule has 112 valence electrons. The monoisotopic (exact) mass is 286 g/mol. The number of hydrogen-bond donors (Lipinski definition) is 2. The maximum absolute atomic E-state index is 12.0. The van der Waals surface area contributed by atoms with Crippen LogP contribution >= 0.6 is 0 Å². The minimum atomic E-state index is 0.257. The molecule has 0 atom stereocenters. The molecule has 1 saturated heterocycles. The molecule has 1 aliphatic heterocycles. The van der Waals surface area contributed by atoms with Crippen LogP contribution < -0.4 is 5.32 Å². The van der Waals surface area contributed by atoms with Gasteiger partial charge in [-0.15, -0.1) is 0 Å². The van der Waals surface area contributed by atoms with E-state index in [1.165, 1.54) is 0 Å². The van der Waals surface area contributed by atoms with E-state index < -0.39 is 0 Å². The minimum Gasteiger partial charge on any atom is -0.343 e. The van der Waals surface area contributed by atoms with E-state index in [0.29, 0.717) is 12.3 Å². The van der Waals surface area contributed by atoms with Gasteiger partial charge >= 0.3 is 0 Å². The fourth-order valence-electron chi connectivity index (χ4n) is 2.96. The summed E-state index contributed by atoms with van der Waals surface area (Å²) in [7, 11) is 1.88. The summed E-state index contributed by atoms with van der Waals surface area (Å²) in [5, 5.41) is 3.02. The van der Waals surface area contributed by atoms with E-state index in [-0.39, 0.29) is 5.91 Å². The SMILES string of the molecule is CNCCC(=O)N1CCC(c2nc3ccccc3[nH]2)CC1. The summed E-state index contributed by atoms with van der Waals surface area (Å²) in [5.74, 6) is 1.76. The predicted molar refractivity (Wildman–Crippen MR) is 83.2 cm³/mol. The molecule has 1 aliphatic rings. The van der Waals surface area contributed by atoms with Crippen LogP contribution in [0.5, 0.6) is 0 Å². The second-order valence-electron chi connectivity index (χ2n) is 5.65. The van der Waals surface area contributed by atoms with Gasteiger partial charge in [0.25, 0.3) is 0 Å². The molecule has 0 saturated carbocycles. The number of amides is 1. The number of imidazole rings is 1. The molecule has 1 fully saturated rings. The van der Waals surface area contributed by atoms with Crippen molar-refractivity contribution in [2.75, 3.05) is 26.7 Å². The highest BCUT2D eigenvalue weighted by atomic mass is 16.2. The molecule has 0 radical (unpaired) electrons. The van der Waals surface area contributed by atoms with Crippen LogP contribution in [0.3, 0.4) is 0 Å². The van der Waals surface area contributed by atoms with Gasteiger partial charge in [-0.25, -0.2) is 4.98 Å². The average Bonchev–Trinajstić information content (AvgIpc) is 2.96. The molecule has 21 heavy (non-hydrogen) atoms. The molecule has 1 aromatic heterocycles. The standard InChI is InChI=1S/C16H22N4O/c1-17-9-6-15(21)20-10-7-12(8-11-20)16-18-13-4-2-3-5-14(13)19-16/h2-5,12,17H,6-11H2,1H3,(H,18,19). The van der Waals surface area contributed by atoms with E-state index in [1.54, 1.807) is 0 Å². The summed E-state index contributed by atoms with van der Waals surface area (Å²) < 4.78 is 0. The zero-order valence-electron chi connectivity index (χ0n) is 12.4. The van der Waals surface area contributed by atoms with Gasteiger partial charge in [-0.05, 0) is 32.0 Å². The molecular formula is C16H22N4O. The van der Waals surface area contributed by atoms with E-state index in [0.717, 1.165) is 49.3 Å². The first kappa shape index (κ1) is 14.1. The summed E-state index contributed by atoms with van der Waals surface area (Å²) in [6.07, 6.45) is 2.57. The third kappa shape index (κ3) is 3.08. The Morgan fingerprint density at radius 2 is 2.14 bits per heavy atom. The number of H-pyrrole nitrogens is 1. The third-order valence-electron chi connectivity index (χ3n) is 4.23. The Balaban J connectivity index is 1.61. The van der Waals surface area contributed by atoms with Crippen LogP contribution in [0.2, 0.25) is 0 Å². The number of piperidine rings is 1. The van der Waals surface area contributed by atoms with Crippen LogP contribution in [0, 0.1) is 0 Å². The highest BCUT2D eigenvalue weighted by Gasteiger charge is 2.25. The third-order valence-corrected chi connectivity index (χ3v) is 4.23. The largest absolute Gasteiger partial charge is 0.343 e. The Morgan fingerprint density at radius 3 is 2.86 bits per heavy atom. The molecule has 5 nitrogen and oxygen atoms in total. The minimum absolute atomic E-state index is 0.257.